The zero-order chi connectivity index (χ0) is 19.3. The van der Waals surface area contributed by atoms with Crippen LogP contribution in [0.2, 0.25) is 0 Å². The van der Waals surface area contributed by atoms with Gasteiger partial charge < -0.3 is 9.72 Å². The number of aromatic nitrogens is 3. The van der Waals surface area contributed by atoms with Gasteiger partial charge in [0.25, 0.3) is 0 Å². The van der Waals surface area contributed by atoms with E-state index in [2.05, 4.69) is 60.0 Å². The second-order valence-corrected chi connectivity index (χ2v) is 7.83. The normalized spacial score (nSPS) is 11.6. The second-order valence-electron chi connectivity index (χ2n) is 7.83. The van der Waals surface area contributed by atoms with Crippen molar-refractivity contribution in [2.75, 3.05) is 7.11 Å². The molecular formula is C23H29N3O. The van der Waals surface area contributed by atoms with Crippen LogP contribution in [0.25, 0.3) is 11.1 Å². The van der Waals surface area contributed by atoms with Crippen LogP contribution in [0.3, 0.4) is 0 Å². The van der Waals surface area contributed by atoms with Crippen LogP contribution < -0.4 is 4.74 Å². The quantitative estimate of drug-likeness (QED) is 0.595. The summed E-state index contributed by atoms with van der Waals surface area (Å²) in [5.41, 5.74) is 5.14. The molecule has 1 N–H and O–H groups in total. The zero-order valence-electron chi connectivity index (χ0n) is 16.7. The molecule has 3 rings (SSSR count). The summed E-state index contributed by atoms with van der Waals surface area (Å²) in [7, 11) is 1.64. The highest BCUT2D eigenvalue weighted by Gasteiger charge is 2.17. The lowest BCUT2D eigenvalue weighted by Gasteiger charge is -2.21. The number of rotatable bonds is 8. The number of ether oxygens (including phenoxy) is 1. The van der Waals surface area contributed by atoms with Gasteiger partial charge in [-0.1, -0.05) is 51.5 Å². The van der Waals surface area contributed by atoms with E-state index in [-0.39, 0.29) is 0 Å². The molecule has 0 saturated carbocycles. The van der Waals surface area contributed by atoms with Gasteiger partial charge >= 0.3 is 0 Å². The molecule has 0 radical (unpaired) electrons. The van der Waals surface area contributed by atoms with Crippen LogP contribution in [-0.4, -0.2) is 22.1 Å². The molecule has 0 aliphatic heterocycles. The smallest absolute Gasteiger partial charge is 0.213 e. The first-order valence-corrected chi connectivity index (χ1v) is 9.61. The number of aromatic amines is 1. The summed E-state index contributed by atoms with van der Waals surface area (Å²) in [6.45, 7) is 6.84. The van der Waals surface area contributed by atoms with Gasteiger partial charge in [-0.05, 0) is 41.0 Å². The van der Waals surface area contributed by atoms with E-state index >= 15 is 0 Å². The number of H-pyrrole nitrogens is 1. The topological polar surface area (TPSA) is 50.8 Å². The molecule has 0 atom stereocenters. The van der Waals surface area contributed by atoms with Crippen molar-refractivity contribution in [3.63, 3.8) is 0 Å². The summed E-state index contributed by atoms with van der Waals surface area (Å²) >= 11 is 0. The molecule has 4 heteroatoms. The van der Waals surface area contributed by atoms with E-state index in [1.54, 1.807) is 13.3 Å². The first-order chi connectivity index (χ1) is 13.0. The van der Waals surface area contributed by atoms with E-state index in [0.29, 0.717) is 11.3 Å². The van der Waals surface area contributed by atoms with E-state index < -0.39 is 0 Å². The molecular weight excluding hydrogens is 334 g/mol. The van der Waals surface area contributed by atoms with Crippen LogP contribution in [0.1, 0.15) is 44.3 Å². The van der Waals surface area contributed by atoms with E-state index in [1.807, 2.05) is 18.3 Å². The van der Waals surface area contributed by atoms with Crippen molar-refractivity contribution in [3.05, 3.63) is 65.9 Å². The van der Waals surface area contributed by atoms with Crippen LogP contribution in [0.5, 0.6) is 5.88 Å². The fraction of sp³-hybridized carbons (Fsp3) is 0.391. The van der Waals surface area contributed by atoms with Crippen molar-refractivity contribution in [2.45, 2.75) is 46.5 Å². The number of pyridine rings is 1. The van der Waals surface area contributed by atoms with Gasteiger partial charge in [0.15, 0.2) is 0 Å². The number of methoxy groups -OCH3 is 1. The van der Waals surface area contributed by atoms with E-state index in [1.165, 1.54) is 16.8 Å². The lowest BCUT2D eigenvalue weighted by atomic mass is 9.85. The van der Waals surface area contributed by atoms with Gasteiger partial charge in [-0.25, -0.2) is 9.97 Å². The third-order valence-electron chi connectivity index (χ3n) is 5.19. The average Bonchev–Trinajstić information content (AvgIpc) is 3.13. The Hall–Kier alpha value is -2.62. The summed E-state index contributed by atoms with van der Waals surface area (Å²) in [6, 6.07) is 12.6. The molecule has 1 aromatic carbocycles. The van der Waals surface area contributed by atoms with Crippen LogP contribution in [0.15, 0.2) is 48.8 Å². The SMILES string of the molecule is CCC(C)(C)Cc1cnc(CCc2ccc(-c3ccnc(OC)c3)cc2)[nH]1. The first kappa shape index (κ1) is 19.2. The van der Waals surface area contributed by atoms with Gasteiger partial charge in [-0.3, -0.25) is 0 Å². The first-order valence-electron chi connectivity index (χ1n) is 9.61. The van der Waals surface area contributed by atoms with Crippen LogP contribution in [0.4, 0.5) is 0 Å². The van der Waals surface area contributed by atoms with Crippen molar-refractivity contribution in [1.82, 2.24) is 15.0 Å². The number of nitrogens with zero attached hydrogens (tertiary/aromatic N) is 2. The maximum atomic E-state index is 5.21. The molecule has 4 nitrogen and oxygen atoms in total. The fourth-order valence-electron chi connectivity index (χ4n) is 3.09. The summed E-state index contributed by atoms with van der Waals surface area (Å²) in [5.74, 6) is 1.70. The molecule has 3 aromatic rings. The average molecular weight is 364 g/mol. The minimum atomic E-state index is 0.315. The van der Waals surface area contributed by atoms with Crippen molar-refractivity contribution in [3.8, 4) is 17.0 Å². The molecule has 0 unspecified atom stereocenters. The van der Waals surface area contributed by atoms with Gasteiger partial charge in [0.2, 0.25) is 5.88 Å². The second kappa shape index (κ2) is 8.38. The molecule has 0 aliphatic rings. The van der Waals surface area contributed by atoms with E-state index in [9.17, 15) is 0 Å². The van der Waals surface area contributed by atoms with Crippen LogP contribution in [-0.2, 0) is 19.3 Å². The maximum Gasteiger partial charge on any atom is 0.213 e. The number of hydrogen-bond acceptors (Lipinski definition) is 3. The molecule has 2 heterocycles. The highest BCUT2D eigenvalue weighted by atomic mass is 16.5. The largest absolute Gasteiger partial charge is 0.481 e. The number of nitrogens with one attached hydrogen (secondary N) is 1. The van der Waals surface area contributed by atoms with Crippen molar-refractivity contribution in [2.24, 2.45) is 5.41 Å². The van der Waals surface area contributed by atoms with Gasteiger partial charge in [0.05, 0.1) is 7.11 Å². The fourth-order valence-corrected chi connectivity index (χ4v) is 3.09. The maximum absolute atomic E-state index is 5.21. The van der Waals surface area contributed by atoms with E-state index in [0.717, 1.165) is 37.1 Å². The highest BCUT2D eigenvalue weighted by Crippen LogP contribution is 2.25. The van der Waals surface area contributed by atoms with Gasteiger partial charge in [0, 0.05) is 30.6 Å². The number of imidazole rings is 1. The van der Waals surface area contributed by atoms with Crippen molar-refractivity contribution < 1.29 is 4.74 Å². The predicted octanol–water partition coefficient (Wildman–Crippen LogP) is 5.24. The van der Waals surface area contributed by atoms with Gasteiger partial charge in [-0.2, -0.15) is 0 Å². The van der Waals surface area contributed by atoms with Crippen molar-refractivity contribution in [1.29, 1.82) is 0 Å². The molecule has 0 spiro atoms. The summed E-state index contributed by atoms with van der Waals surface area (Å²) < 4.78 is 5.21. The summed E-state index contributed by atoms with van der Waals surface area (Å²) in [6.07, 6.45) is 7.87. The molecule has 0 aliphatic carbocycles. The Labute approximate surface area is 162 Å². The predicted molar refractivity (Wildman–Crippen MR) is 110 cm³/mol. The lowest BCUT2D eigenvalue weighted by molar-refractivity contribution is 0.346. The Kier molecular flexibility index (Phi) is 5.94. The minimum Gasteiger partial charge on any atom is -0.481 e. The number of aryl methyl sites for hydroxylation is 2. The third kappa shape index (κ3) is 5.19. The monoisotopic (exact) mass is 363 g/mol. The van der Waals surface area contributed by atoms with Gasteiger partial charge in [-0.15, -0.1) is 0 Å². The molecule has 2 aromatic heterocycles. The lowest BCUT2D eigenvalue weighted by Crippen LogP contribution is -2.13. The zero-order valence-corrected chi connectivity index (χ0v) is 16.7. The Morgan fingerprint density at radius 3 is 2.48 bits per heavy atom. The highest BCUT2D eigenvalue weighted by molar-refractivity contribution is 5.64. The summed E-state index contributed by atoms with van der Waals surface area (Å²) in [4.78, 5) is 12.2. The Morgan fingerprint density at radius 1 is 1.00 bits per heavy atom. The molecule has 142 valence electrons. The Morgan fingerprint density at radius 2 is 1.78 bits per heavy atom. The molecule has 0 saturated heterocycles. The Bertz CT molecular complexity index is 865. The molecule has 0 fully saturated rings. The number of hydrogen-bond donors (Lipinski definition) is 1. The number of benzene rings is 1. The van der Waals surface area contributed by atoms with E-state index in [4.69, 9.17) is 4.74 Å². The summed E-state index contributed by atoms with van der Waals surface area (Å²) in [5, 5.41) is 0. The van der Waals surface area contributed by atoms with Crippen LogP contribution >= 0.6 is 0 Å². The standard InChI is InChI=1S/C23H29N3O/c1-5-23(2,3)15-20-16-25-21(26-20)11-8-17-6-9-18(10-7-17)19-12-13-24-22(14-19)27-4/h6-7,9-10,12-14,16H,5,8,11,15H2,1-4H3,(H,25,26). The van der Waals surface area contributed by atoms with Crippen molar-refractivity contribution >= 4 is 0 Å². The molecule has 27 heavy (non-hydrogen) atoms. The molecule has 0 bridgehead atoms. The third-order valence-corrected chi connectivity index (χ3v) is 5.19. The minimum absolute atomic E-state index is 0.315. The Balaban J connectivity index is 1.60. The van der Waals surface area contributed by atoms with Crippen LogP contribution in [0, 0.1) is 5.41 Å². The van der Waals surface area contributed by atoms with Gasteiger partial charge in [0.1, 0.15) is 5.82 Å². The molecule has 0 amide bonds.